The van der Waals surface area contributed by atoms with Crippen LogP contribution in [0.15, 0.2) is 69.0 Å². The molecule has 2 heterocycles. The molecule has 1 aromatic heterocycles. The maximum atomic E-state index is 6.37. The Hall–Kier alpha value is -2.20. The molecule has 4 heteroatoms. The molecule has 0 bridgehead atoms. The van der Waals surface area contributed by atoms with E-state index in [1.54, 1.807) is 11.8 Å². The highest BCUT2D eigenvalue weighted by molar-refractivity contribution is 7.99. The number of fused-ring (bicyclic) bond motifs is 2. The Bertz CT molecular complexity index is 900. The first kappa shape index (κ1) is 16.3. The quantitative estimate of drug-likeness (QED) is 0.565. The molecule has 0 atom stereocenters. The highest BCUT2D eigenvalue weighted by Gasteiger charge is 2.41. The molecule has 2 aromatic carbocycles. The van der Waals surface area contributed by atoms with Crippen LogP contribution in [0.3, 0.4) is 0 Å². The molecule has 0 N–H and O–H groups in total. The maximum Gasteiger partial charge on any atom is 0.341 e. The van der Waals surface area contributed by atoms with Crippen molar-refractivity contribution in [3.8, 4) is 5.69 Å². The van der Waals surface area contributed by atoms with E-state index in [1.807, 2.05) is 0 Å². The van der Waals surface area contributed by atoms with E-state index in [4.69, 9.17) is 4.42 Å². The first-order valence-corrected chi connectivity index (χ1v) is 9.60. The molecule has 25 heavy (non-hydrogen) atoms. The van der Waals surface area contributed by atoms with Gasteiger partial charge in [-0.1, -0.05) is 44.2 Å². The number of oxazole rings is 1. The third-order valence-corrected chi connectivity index (χ3v) is 5.41. The van der Waals surface area contributed by atoms with Crippen LogP contribution in [-0.4, -0.2) is 6.04 Å². The molecule has 0 unspecified atom stereocenters. The molecule has 128 valence electrons. The molecule has 0 fully saturated rings. The second kappa shape index (κ2) is 6.26. The van der Waals surface area contributed by atoms with E-state index in [1.165, 1.54) is 10.6 Å². The summed E-state index contributed by atoms with van der Waals surface area (Å²) in [6.45, 7) is 8.82. The fraction of sp³-hybridized carbons (Fsp3) is 0.286. The van der Waals surface area contributed by atoms with Crippen molar-refractivity contribution in [3.63, 3.8) is 0 Å². The average molecular weight is 351 g/mol. The van der Waals surface area contributed by atoms with Crippen LogP contribution in [0.5, 0.6) is 0 Å². The van der Waals surface area contributed by atoms with Gasteiger partial charge in [0.15, 0.2) is 0 Å². The summed E-state index contributed by atoms with van der Waals surface area (Å²) in [5, 5.41) is 0.972. The van der Waals surface area contributed by atoms with Gasteiger partial charge in [0.25, 0.3) is 11.0 Å². The zero-order chi connectivity index (χ0) is 17.6. The zero-order valence-corrected chi connectivity index (χ0v) is 15.9. The van der Waals surface area contributed by atoms with E-state index >= 15 is 0 Å². The lowest BCUT2D eigenvalue weighted by atomic mass is 10.2. The first-order chi connectivity index (χ1) is 12.1. The Morgan fingerprint density at radius 3 is 2.28 bits per heavy atom. The Balaban J connectivity index is 2.01. The topological polar surface area (TPSA) is 20.3 Å². The van der Waals surface area contributed by atoms with Crippen LogP contribution in [0.2, 0.25) is 0 Å². The van der Waals surface area contributed by atoms with Gasteiger partial charge >= 0.3 is 5.82 Å². The molecular weight excluding hydrogens is 328 g/mol. The summed E-state index contributed by atoms with van der Waals surface area (Å²) >= 11 is 1.72. The van der Waals surface area contributed by atoms with Crippen LogP contribution in [0.1, 0.15) is 39.5 Å². The van der Waals surface area contributed by atoms with Gasteiger partial charge in [-0.15, -0.1) is 0 Å². The van der Waals surface area contributed by atoms with Crippen molar-refractivity contribution in [1.82, 2.24) is 0 Å². The van der Waals surface area contributed by atoms with Gasteiger partial charge in [0.1, 0.15) is 11.4 Å². The molecule has 0 spiro atoms. The molecule has 0 saturated heterocycles. The third kappa shape index (κ3) is 2.65. The fourth-order valence-electron chi connectivity index (χ4n) is 3.34. The zero-order valence-electron chi connectivity index (χ0n) is 15.1. The van der Waals surface area contributed by atoms with Crippen LogP contribution in [0.4, 0.5) is 11.5 Å². The molecule has 0 aliphatic carbocycles. The standard InChI is InChI=1S/C21H23N2OS/c1-14(2)20-23(16-10-6-5-7-11-16)19-21(24-20)25-18-13-9-8-12-17(18)22(19)15(3)4/h5-15H,1-4H3/q+1. The molecular formula is C21H23N2OS+. The molecule has 4 rings (SSSR count). The number of anilines is 2. The average Bonchev–Trinajstić information content (AvgIpc) is 2.99. The van der Waals surface area contributed by atoms with Gasteiger partial charge in [-0.2, -0.15) is 4.57 Å². The van der Waals surface area contributed by atoms with Gasteiger partial charge in [-0.25, -0.2) is 4.90 Å². The van der Waals surface area contributed by atoms with Crippen molar-refractivity contribution >= 4 is 23.3 Å². The summed E-state index contributed by atoms with van der Waals surface area (Å²) < 4.78 is 8.66. The third-order valence-electron chi connectivity index (χ3n) is 4.39. The minimum atomic E-state index is 0.295. The van der Waals surface area contributed by atoms with Crippen molar-refractivity contribution in [3.05, 3.63) is 60.5 Å². The Labute approximate surface area is 153 Å². The van der Waals surface area contributed by atoms with E-state index in [-0.39, 0.29) is 0 Å². The minimum Gasteiger partial charge on any atom is -0.409 e. The van der Waals surface area contributed by atoms with Crippen molar-refractivity contribution < 1.29 is 8.98 Å². The van der Waals surface area contributed by atoms with Crippen LogP contribution >= 0.6 is 11.8 Å². The van der Waals surface area contributed by atoms with Gasteiger partial charge in [0.2, 0.25) is 0 Å². The number of aromatic nitrogens is 1. The van der Waals surface area contributed by atoms with Crippen molar-refractivity contribution in [2.75, 3.05) is 4.90 Å². The van der Waals surface area contributed by atoms with Crippen molar-refractivity contribution in [1.29, 1.82) is 0 Å². The number of hydrogen-bond donors (Lipinski definition) is 0. The molecule has 1 aliphatic rings. The van der Waals surface area contributed by atoms with Crippen LogP contribution in [-0.2, 0) is 0 Å². The largest absolute Gasteiger partial charge is 0.409 e. The van der Waals surface area contributed by atoms with Crippen LogP contribution < -0.4 is 9.47 Å². The van der Waals surface area contributed by atoms with E-state index in [2.05, 4.69) is 91.8 Å². The predicted molar refractivity (Wildman–Crippen MR) is 102 cm³/mol. The van der Waals surface area contributed by atoms with Crippen LogP contribution in [0, 0.1) is 0 Å². The molecule has 0 amide bonds. The second-order valence-corrected chi connectivity index (χ2v) is 7.93. The highest BCUT2D eigenvalue weighted by Crippen LogP contribution is 2.49. The lowest BCUT2D eigenvalue weighted by Crippen LogP contribution is -2.43. The van der Waals surface area contributed by atoms with Gasteiger partial charge in [0.05, 0.1) is 16.9 Å². The number of nitrogens with zero attached hydrogens (tertiary/aromatic N) is 2. The summed E-state index contributed by atoms with van der Waals surface area (Å²) in [7, 11) is 0. The van der Waals surface area contributed by atoms with Gasteiger partial charge in [0, 0.05) is 0 Å². The second-order valence-electron chi connectivity index (χ2n) is 6.91. The van der Waals surface area contributed by atoms with Gasteiger partial charge in [-0.3, -0.25) is 0 Å². The lowest BCUT2D eigenvalue weighted by Gasteiger charge is -2.26. The first-order valence-electron chi connectivity index (χ1n) is 8.78. The molecule has 0 saturated carbocycles. The fourth-order valence-corrected chi connectivity index (χ4v) is 4.36. The molecule has 3 nitrogen and oxygen atoms in total. The summed E-state index contributed by atoms with van der Waals surface area (Å²) in [5.74, 6) is 2.42. The van der Waals surface area contributed by atoms with Crippen LogP contribution in [0.25, 0.3) is 5.69 Å². The lowest BCUT2D eigenvalue weighted by molar-refractivity contribution is -0.598. The number of rotatable bonds is 3. The SMILES string of the molecule is CC(C)c1oc2c([n+]1-c1ccccc1)N(C(C)C)c1ccccc1S2. The van der Waals surface area contributed by atoms with Crippen molar-refractivity contribution in [2.45, 2.75) is 49.6 Å². The molecule has 0 radical (unpaired) electrons. The monoisotopic (exact) mass is 351 g/mol. The summed E-state index contributed by atoms with van der Waals surface area (Å²) in [4.78, 5) is 3.64. The minimum absolute atomic E-state index is 0.295. The van der Waals surface area contributed by atoms with Gasteiger partial charge in [-0.05, 0) is 49.9 Å². The van der Waals surface area contributed by atoms with Crippen molar-refractivity contribution in [2.24, 2.45) is 0 Å². The number of benzene rings is 2. The van der Waals surface area contributed by atoms with Gasteiger partial charge < -0.3 is 4.42 Å². The molecule has 3 aromatic rings. The summed E-state index contributed by atoms with van der Waals surface area (Å²) in [5.41, 5.74) is 2.39. The Morgan fingerprint density at radius 1 is 0.920 bits per heavy atom. The summed E-state index contributed by atoms with van der Waals surface area (Å²) in [6.07, 6.45) is 0. The Kier molecular flexibility index (Phi) is 4.08. The molecule has 1 aliphatic heterocycles. The normalized spacial score (nSPS) is 13.3. The predicted octanol–water partition coefficient (Wildman–Crippen LogP) is 5.69. The van der Waals surface area contributed by atoms with E-state index in [0.29, 0.717) is 12.0 Å². The number of hydrogen-bond acceptors (Lipinski definition) is 3. The van der Waals surface area contributed by atoms with E-state index in [0.717, 1.165) is 22.5 Å². The number of para-hydroxylation sites is 2. The summed E-state index contributed by atoms with van der Waals surface area (Å²) in [6, 6.07) is 19.4. The Morgan fingerprint density at radius 2 is 1.60 bits per heavy atom. The van der Waals surface area contributed by atoms with E-state index in [9.17, 15) is 0 Å². The maximum absolute atomic E-state index is 6.37. The highest BCUT2D eigenvalue weighted by atomic mass is 32.2. The smallest absolute Gasteiger partial charge is 0.341 e. The van der Waals surface area contributed by atoms with E-state index < -0.39 is 0 Å².